The van der Waals surface area contributed by atoms with E-state index < -0.39 is 0 Å². The van der Waals surface area contributed by atoms with Crippen LogP contribution in [0, 0.1) is 5.92 Å². The molecular formula is C14H28N2O. The van der Waals surface area contributed by atoms with Gasteiger partial charge in [-0.25, -0.2) is 0 Å². The normalized spacial score (nSPS) is 32.1. The third-order valence-electron chi connectivity index (χ3n) is 4.43. The molecule has 100 valence electrons. The number of rotatable bonds is 5. The van der Waals surface area contributed by atoms with Gasteiger partial charge in [-0.2, -0.15) is 0 Å². The minimum Gasteiger partial charge on any atom is -0.390 e. The van der Waals surface area contributed by atoms with Crippen LogP contribution in [0.15, 0.2) is 0 Å². The number of aliphatic hydroxyl groups excluding tert-OH is 1. The van der Waals surface area contributed by atoms with Gasteiger partial charge in [-0.3, -0.25) is 4.90 Å². The molecule has 1 saturated heterocycles. The molecular weight excluding hydrogens is 212 g/mol. The first-order chi connectivity index (χ1) is 8.31. The Morgan fingerprint density at radius 3 is 2.82 bits per heavy atom. The van der Waals surface area contributed by atoms with Gasteiger partial charge in [-0.15, -0.1) is 0 Å². The molecule has 3 atom stereocenters. The number of nitrogens with one attached hydrogen (secondary N) is 1. The first kappa shape index (κ1) is 13.3. The number of likely N-dealkylation sites (tertiary alicyclic amines) is 1. The lowest BCUT2D eigenvalue weighted by Crippen LogP contribution is -2.50. The lowest BCUT2D eigenvalue weighted by molar-refractivity contribution is 0.0214. The van der Waals surface area contributed by atoms with E-state index in [0.29, 0.717) is 0 Å². The zero-order chi connectivity index (χ0) is 12.1. The second-order valence-electron chi connectivity index (χ2n) is 5.71. The summed E-state index contributed by atoms with van der Waals surface area (Å²) in [7, 11) is 0. The topological polar surface area (TPSA) is 35.5 Å². The van der Waals surface area contributed by atoms with Gasteiger partial charge in [0.2, 0.25) is 0 Å². The number of nitrogens with zero attached hydrogens (tertiary/aromatic N) is 1. The fourth-order valence-electron chi connectivity index (χ4n) is 3.60. The van der Waals surface area contributed by atoms with Gasteiger partial charge in [0.1, 0.15) is 0 Å². The largest absolute Gasteiger partial charge is 0.390 e. The minimum atomic E-state index is -0.198. The summed E-state index contributed by atoms with van der Waals surface area (Å²) < 4.78 is 0. The highest BCUT2D eigenvalue weighted by Gasteiger charge is 2.33. The zero-order valence-electron chi connectivity index (χ0n) is 11.2. The van der Waals surface area contributed by atoms with Crippen molar-refractivity contribution in [3.05, 3.63) is 0 Å². The van der Waals surface area contributed by atoms with Gasteiger partial charge >= 0.3 is 0 Å². The second kappa shape index (κ2) is 6.72. The molecule has 1 heterocycles. The minimum absolute atomic E-state index is 0.198. The molecule has 0 bridgehead atoms. The highest BCUT2D eigenvalue weighted by Crippen LogP contribution is 2.35. The van der Waals surface area contributed by atoms with Crippen molar-refractivity contribution in [2.24, 2.45) is 5.92 Å². The number of fused-ring (bicyclic) bond motifs is 1. The molecule has 2 fully saturated rings. The van der Waals surface area contributed by atoms with E-state index in [2.05, 4.69) is 17.1 Å². The number of hydrogen-bond acceptors (Lipinski definition) is 3. The molecule has 2 N–H and O–H groups in total. The monoisotopic (exact) mass is 240 g/mol. The summed E-state index contributed by atoms with van der Waals surface area (Å²) in [5.41, 5.74) is 0. The van der Waals surface area contributed by atoms with Crippen molar-refractivity contribution >= 4 is 0 Å². The van der Waals surface area contributed by atoms with Crippen molar-refractivity contribution in [3.8, 4) is 0 Å². The van der Waals surface area contributed by atoms with Crippen LogP contribution in [0.1, 0.15) is 45.4 Å². The molecule has 3 nitrogen and oxygen atoms in total. The third kappa shape index (κ3) is 3.67. The van der Waals surface area contributed by atoms with Crippen molar-refractivity contribution in [1.29, 1.82) is 0 Å². The predicted octanol–water partition coefficient (Wildman–Crippen LogP) is 1.61. The molecule has 0 aromatic carbocycles. The van der Waals surface area contributed by atoms with Crippen LogP contribution < -0.4 is 5.32 Å². The van der Waals surface area contributed by atoms with E-state index in [4.69, 9.17) is 0 Å². The first-order valence-electron chi connectivity index (χ1n) is 7.44. The van der Waals surface area contributed by atoms with Crippen molar-refractivity contribution in [2.75, 3.05) is 26.2 Å². The number of hydrogen-bond donors (Lipinski definition) is 2. The molecule has 17 heavy (non-hydrogen) atoms. The van der Waals surface area contributed by atoms with Crippen LogP contribution in [0.2, 0.25) is 0 Å². The second-order valence-corrected chi connectivity index (χ2v) is 5.71. The summed E-state index contributed by atoms with van der Waals surface area (Å²) in [5.74, 6) is 0.920. The maximum absolute atomic E-state index is 10.0. The van der Waals surface area contributed by atoms with Gasteiger partial charge in [-0.05, 0) is 44.7 Å². The molecule has 0 amide bonds. The molecule has 0 aromatic heterocycles. The maximum atomic E-state index is 10.0. The maximum Gasteiger partial charge on any atom is 0.0791 e. The summed E-state index contributed by atoms with van der Waals surface area (Å²) in [6, 6.07) is 0.772. The van der Waals surface area contributed by atoms with Gasteiger partial charge in [-0.1, -0.05) is 19.8 Å². The Kier molecular flexibility index (Phi) is 5.26. The number of likely N-dealkylation sites (N-methyl/N-ethyl adjacent to an activating group) is 1. The predicted molar refractivity (Wildman–Crippen MR) is 71.1 cm³/mol. The van der Waals surface area contributed by atoms with Crippen LogP contribution >= 0.6 is 0 Å². The molecule has 1 saturated carbocycles. The van der Waals surface area contributed by atoms with Crippen molar-refractivity contribution < 1.29 is 5.11 Å². The molecule has 2 rings (SSSR count). The third-order valence-corrected chi connectivity index (χ3v) is 4.43. The van der Waals surface area contributed by atoms with Crippen LogP contribution in [0.3, 0.4) is 0 Å². The van der Waals surface area contributed by atoms with Gasteiger partial charge in [0.25, 0.3) is 0 Å². The van der Waals surface area contributed by atoms with Crippen molar-refractivity contribution in [1.82, 2.24) is 10.2 Å². The standard InChI is InChI=1S/C14H28N2O/c1-2-15-10-13(17)11-16-9-5-7-12-6-3-4-8-14(12)16/h12-15,17H,2-11H2,1H3. The molecule has 0 radical (unpaired) electrons. The Bertz CT molecular complexity index is 220. The lowest BCUT2D eigenvalue weighted by Gasteiger charge is -2.44. The van der Waals surface area contributed by atoms with Crippen LogP contribution in [-0.2, 0) is 0 Å². The summed E-state index contributed by atoms with van der Waals surface area (Å²) in [5, 5.41) is 13.3. The zero-order valence-corrected chi connectivity index (χ0v) is 11.2. The molecule has 0 spiro atoms. The lowest BCUT2D eigenvalue weighted by atomic mass is 9.78. The van der Waals surface area contributed by atoms with Crippen LogP contribution in [0.25, 0.3) is 0 Å². The Balaban J connectivity index is 1.81. The Morgan fingerprint density at radius 1 is 1.24 bits per heavy atom. The number of β-amino-alcohol motifs (C(OH)–C–C–N with tert-alkyl or cyclic N) is 1. The van der Waals surface area contributed by atoms with Crippen LogP contribution in [0.4, 0.5) is 0 Å². The van der Waals surface area contributed by atoms with Crippen LogP contribution in [-0.4, -0.2) is 48.3 Å². The fraction of sp³-hybridized carbons (Fsp3) is 1.00. The van der Waals surface area contributed by atoms with E-state index in [1.807, 2.05) is 0 Å². The van der Waals surface area contributed by atoms with Gasteiger partial charge in [0, 0.05) is 19.1 Å². The first-order valence-corrected chi connectivity index (χ1v) is 7.44. The average molecular weight is 240 g/mol. The Morgan fingerprint density at radius 2 is 2.00 bits per heavy atom. The van der Waals surface area contributed by atoms with Crippen molar-refractivity contribution in [2.45, 2.75) is 57.6 Å². The van der Waals surface area contributed by atoms with Gasteiger partial charge in [0.05, 0.1) is 6.10 Å². The highest BCUT2D eigenvalue weighted by molar-refractivity contribution is 4.88. The van der Waals surface area contributed by atoms with E-state index in [1.54, 1.807) is 0 Å². The number of piperidine rings is 1. The molecule has 3 unspecified atom stereocenters. The van der Waals surface area contributed by atoms with E-state index in [9.17, 15) is 5.11 Å². The summed E-state index contributed by atoms with van der Waals surface area (Å²) in [6.45, 7) is 5.84. The van der Waals surface area contributed by atoms with E-state index in [-0.39, 0.29) is 6.10 Å². The Hall–Kier alpha value is -0.120. The molecule has 3 heteroatoms. The van der Waals surface area contributed by atoms with E-state index >= 15 is 0 Å². The molecule has 0 aromatic rings. The highest BCUT2D eigenvalue weighted by atomic mass is 16.3. The summed E-state index contributed by atoms with van der Waals surface area (Å²) in [6.07, 6.45) is 8.15. The SMILES string of the molecule is CCNCC(O)CN1CCCC2CCCCC21. The quantitative estimate of drug-likeness (QED) is 0.766. The fourth-order valence-corrected chi connectivity index (χ4v) is 3.60. The molecule has 1 aliphatic heterocycles. The summed E-state index contributed by atoms with van der Waals surface area (Å²) >= 11 is 0. The van der Waals surface area contributed by atoms with Crippen LogP contribution in [0.5, 0.6) is 0 Å². The van der Waals surface area contributed by atoms with Gasteiger partial charge < -0.3 is 10.4 Å². The summed E-state index contributed by atoms with van der Waals surface area (Å²) in [4.78, 5) is 2.56. The van der Waals surface area contributed by atoms with E-state index in [0.717, 1.165) is 31.6 Å². The smallest absolute Gasteiger partial charge is 0.0791 e. The van der Waals surface area contributed by atoms with Crippen molar-refractivity contribution in [3.63, 3.8) is 0 Å². The van der Waals surface area contributed by atoms with Gasteiger partial charge in [0.15, 0.2) is 0 Å². The Labute approximate surface area is 106 Å². The van der Waals surface area contributed by atoms with E-state index in [1.165, 1.54) is 45.1 Å². The number of aliphatic hydroxyl groups is 1. The molecule has 1 aliphatic carbocycles. The average Bonchev–Trinajstić information content (AvgIpc) is 2.37. The molecule has 2 aliphatic rings.